The molecular weight excluding hydrogens is 258 g/mol. The lowest BCUT2D eigenvalue weighted by atomic mass is 10.0. The van der Waals surface area contributed by atoms with Gasteiger partial charge in [0.15, 0.2) is 17.6 Å². The topological polar surface area (TPSA) is 57.7 Å². The van der Waals surface area contributed by atoms with Crippen LogP contribution < -0.4 is 9.47 Å². The number of nitrogens with zero attached hydrogens (tertiary/aromatic N) is 1. The largest absolute Gasteiger partial charge is 0.493 e. The van der Waals surface area contributed by atoms with Crippen molar-refractivity contribution in [2.75, 3.05) is 14.2 Å². The summed E-state index contributed by atoms with van der Waals surface area (Å²) in [5.41, 5.74) is 1.94. The molecule has 0 amide bonds. The molecule has 5 nitrogen and oxygen atoms in total. The molecule has 0 saturated heterocycles. The standard InChI is InChI=1S/C15H13NO4/c1-18-11-6-5-9(8-12(11)19-2)14-13-10(15(17)20-14)4-3-7-16-13/h3-8,14H,1-2H3. The smallest absolute Gasteiger partial charge is 0.341 e. The van der Waals surface area contributed by atoms with Gasteiger partial charge in [-0.05, 0) is 24.3 Å². The molecule has 5 heteroatoms. The van der Waals surface area contributed by atoms with Gasteiger partial charge in [-0.15, -0.1) is 0 Å². The minimum Gasteiger partial charge on any atom is -0.493 e. The number of cyclic esters (lactones) is 1. The molecule has 1 aromatic carbocycles. The maximum absolute atomic E-state index is 11.8. The molecule has 1 unspecified atom stereocenters. The molecule has 20 heavy (non-hydrogen) atoms. The summed E-state index contributed by atoms with van der Waals surface area (Å²) in [5, 5.41) is 0. The number of rotatable bonds is 3. The summed E-state index contributed by atoms with van der Waals surface area (Å²) in [6.45, 7) is 0. The summed E-state index contributed by atoms with van der Waals surface area (Å²) in [6, 6.07) is 8.84. The lowest BCUT2D eigenvalue weighted by molar-refractivity contribution is 0.0452. The van der Waals surface area contributed by atoms with Gasteiger partial charge in [-0.2, -0.15) is 0 Å². The fourth-order valence-electron chi connectivity index (χ4n) is 2.27. The third-order valence-electron chi connectivity index (χ3n) is 3.24. The van der Waals surface area contributed by atoms with Gasteiger partial charge < -0.3 is 14.2 Å². The molecule has 1 aromatic heterocycles. The van der Waals surface area contributed by atoms with Crippen LogP contribution in [0.3, 0.4) is 0 Å². The first-order chi connectivity index (χ1) is 9.74. The number of aromatic nitrogens is 1. The third-order valence-corrected chi connectivity index (χ3v) is 3.24. The first-order valence-electron chi connectivity index (χ1n) is 6.12. The van der Waals surface area contributed by atoms with E-state index in [4.69, 9.17) is 14.2 Å². The van der Waals surface area contributed by atoms with E-state index >= 15 is 0 Å². The highest BCUT2D eigenvalue weighted by Crippen LogP contribution is 2.37. The highest BCUT2D eigenvalue weighted by Gasteiger charge is 2.33. The minimum atomic E-state index is -0.501. The van der Waals surface area contributed by atoms with Gasteiger partial charge >= 0.3 is 5.97 Å². The first kappa shape index (κ1) is 12.5. The van der Waals surface area contributed by atoms with Crippen molar-refractivity contribution in [1.82, 2.24) is 4.98 Å². The second kappa shape index (κ2) is 4.85. The Hall–Kier alpha value is -2.56. The second-order valence-corrected chi connectivity index (χ2v) is 4.34. The van der Waals surface area contributed by atoms with E-state index in [9.17, 15) is 4.79 Å². The number of esters is 1. The van der Waals surface area contributed by atoms with Crippen molar-refractivity contribution in [1.29, 1.82) is 0 Å². The molecule has 0 N–H and O–H groups in total. The maximum Gasteiger partial charge on any atom is 0.341 e. The van der Waals surface area contributed by atoms with E-state index in [0.29, 0.717) is 22.8 Å². The van der Waals surface area contributed by atoms with E-state index in [-0.39, 0.29) is 5.97 Å². The number of pyridine rings is 1. The molecule has 0 aliphatic carbocycles. The van der Waals surface area contributed by atoms with Gasteiger partial charge in [0.05, 0.1) is 19.8 Å². The number of hydrogen-bond donors (Lipinski definition) is 0. The van der Waals surface area contributed by atoms with Crippen molar-refractivity contribution in [2.45, 2.75) is 6.10 Å². The highest BCUT2D eigenvalue weighted by atomic mass is 16.5. The number of hydrogen-bond acceptors (Lipinski definition) is 5. The van der Waals surface area contributed by atoms with Crippen molar-refractivity contribution in [3.63, 3.8) is 0 Å². The van der Waals surface area contributed by atoms with E-state index < -0.39 is 6.10 Å². The zero-order valence-electron chi connectivity index (χ0n) is 11.1. The van der Waals surface area contributed by atoms with E-state index in [1.807, 2.05) is 6.07 Å². The summed E-state index contributed by atoms with van der Waals surface area (Å²) in [6.07, 6.45) is 1.15. The predicted molar refractivity (Wildman–Crippen MR) is 71.0 cm³/mol. The second-order valence-electron chi connectivity index (χ2n) is 4.34. The molecule has 0 bridgehead atoms. The Morgan fingerprint density at radius 2 is 1.95 bits per heavy atom. The number of fused-ring (bicyclic) bond motifs is 1. The number of carbonyl (C=O) groups excluding carboxylic acids is 1. The molecule has 0 spiro atoms. The summed E-state index contributed by atoms with van der Waals surface area (Å²) >= 11 is 0. The average molecular weight is 271 g/mol. The minimum absolute atomic E-state index is 0.354. The molecule has 0 radical (unpaired) electrons. The summed E-state index contributed by atoms with van der Waals surface area (Å²) in [4.78, 5) is 16.1. The lowest BCUT2D eigenvalue weighted by Gasteiger charge is -2.13. The van der Waals surface area contributed by atoms with Crippen molar-refractivity contribution < 1.29 is 19.0 Å². The number of benzene rings is 1. The quantitative estimate of drug-likeness (QED) is 0.802. The van der Waals surface area contributed by atoms with E-state index in [1.165, 1.54) is 0 Å². The van der Waals surface area contributed by atoms with Gasteiger partial charge in [0.25, 0.3) is 0 Å². The molecule has 2 heterocycles. The third kappa shape index (κ3) is 1.87. The lowest BCUT2D eigenvalue weighted by Crippen LogP contribution is -2.02. The summed E-state index contributed by atoms with van der Waals surface area (Å²) < 4.78 is 15.9. The zero-order valence-corrected chi connectivity index (χ0v) is 11.1. The first-order valence-corrected chi connectivity index (χ1v) is 6.12. The molecule has 1 aliphatic rings. The molecular formula is C15H13NO4. The molecule has 1 aliphatic heterocycles. The van der Waals surface area contributed by atoms with E-state index in [0.717, 1.165) is 5.56 Å². The van der Waals surface area contributed by atoms with Gasteiger partial charge in [0.1, 0.15) is 5.69 Å². The van der Waals surface area contributed by atoms with Crippen LogP contribution in [0.2, 0.25) is 0 Å². The van der Waals surface area contributed by atoms with Gasteiger partial charge in [-0.25, -0.2) is 4.79 Å². The Kier molecular flexibility index (Phi) is 3.02. The van der Waals surface area contributed by atoms with E-state index in [1.54, 1.807) is 44.7 Å². The normalized spacial score (nSPS) is 16.5. The monoisotopic (exact) mass is 271 g/mol. The van der Waals surface area contributed by atoms with Gasteiger partial charge in [0.2, 0.25) is 0 Å². The molecule has 0 saturated carbocycles. The Balaban J connectivity index is 2.05. The van der Waals surface area contributed by atoms with Crippen LogP contribution in [-0.2, 0) is 4.74 Å². The van der Waals surface area contributed by atoms with Crippen molar-refractivity contribution in [3.8, 4) is 11.5 Å². The Labute approximate surface area is 116 Å². The number of carbonyl (C=O) groups is 1. The van der Waals surface area contributed by atoms with Crippen LogP contribution in [0.1, 0.15) is 27.7 Å². The number of ether oxygens (including phenoxy) is 3. The van der Waals surface area contributed by atoms with Crippen LogP contribution in [0, 0.1) is 0 Å². The Bertz CT molecular complexity index is 669. The van der Waals surface area contributed by atoms with Crippen molar-refractivity contribution in [2.24, 2.45) is 0 Å². The van der Waals surface area contributed by atoms with Crippen molar-refractivity contribution in [3.05, 3.63) is 53.3 Å². The summed E-state index contributed by atoms with van der Waals surface area (Å²) in [5.74, 6) is 0.861. The maximum atomic E-state index is 11.8. The molecule has 2 aromatic rings. The van der Waals surface area contributed by atoms with Crippen LogP contribution in [-0.4, -0.2) is 25.2 Å². The average Bonchev–Trinajstić information content (AvgIpc) is 2.84. The zero-order chi connectivity index (χ0) is 14.1. The fraction of sp³-hybridized carbons (Fsp3) is 0.200. The van der Waals surface area contributed by atoms with Crippen LogP contribution >= 0.6 is 0 Å². The van der Waals surface area contributed by atoms with Crippen LogP contribution in [0.4, 0.5) is 0 Å². The highest BCUT2D eigenvalue weighted by molar-refractivity contribution is 5.93. The summed E-state index contributed by atoms with van der Waals surface area (Å²) in [7, 11) is 3.14. The van der Waals surface area contributed by atoms with Gasteiger partial charge in [-0.1, -0.05) is 6.07 Å². The number of methoxy groups -OCH3 is 2. The van der Waals surface area contributed by atoms with Gasteiger partial charge in [0, 0.05) is 11.8 Å². The van der Waals surface area contributed by atoms with Crippen molar-refractivity contribution >= 4 is 5.97 Å². The fourth-order valence-corrected chi connectivity index (χ4v) is 2.27. The van der Waals surface area contributed by atoms with Crippen LogP contribution in [0.15, 0.2) is 36.5 Å². The molecule has 3 rings (SSSR count). The Morgan fingerprint density at radius 3 is 2.70 bits per heavy atom. The molecule has 102 valence electrons. The van der Waals surface area contributed by atoms with Gasteiger partial charge in [-0.3, -0.25) is 4.98 Å². The Morgan fingerprint density at radius 1 is 1.15 bits per heavy atom. The van der Waals surface area contributed by atoms with Crippen LogP contribution in [0.5, 0.6) is 11.5 Å². The predicted octanol–water partition coefficient (Wildman–Crippen LogP) is 2.36. The SMILES string of the molecule is COc1ccc(C2OC(=O)c3cccnc32)cc1OC. The van der Waals surface area contributed by atoms with E-state index in [2.05, 4.69) is 4.98 Å². The molecule has 1 atom stereocenters. The molecule has 0 fully saturated rings. The van der Waals surface area contributed by atoms with Crippen LogP contribution in [0.25, 0.3) is 0 Å².